The predicted octanol–water partition coefficient (Wildman–Crippen LogP) is 2.54. The van der Waals surface area contributed by atoms with Crippen molar-refractivity contribution in [3.05, 3.63) is 65.2 Å². The van der Waals surface area contributed by atoms with Crippen LogP contribution < -0.4 is 4.74 Å². The Kier molecular flexibility index (Phi) is 3.96. The molecule has 1 aliphatic heterocycles. The van der Waals surface area contributed by atoms with Crippen molar-refractivity contribution >= 4 is 17.8 Å². The number of amides is 2. The molecular formula is C17H11F2NO5. The lowest BCUT2D eigenvalue weighted by Gasteiger charge is -2.18. The molecule has 3 rings (SSSR count). The fourth-order valence-electron chi connectivity index (χ4n) is 2.31. The summed E-state index contributed by atoms with van der Waals surface area (Å²) in [5.74, 6) is -7.71. The number of nitrogens with zero attached hydrogens (tertiary/aromatic N) is 1. The van der Waals surface area contributed by atoms with Gasteiger partial charge in [0.1, 0.15) is 5.75 Å². The van der Waals surface area contributed by atoms with Gasteiger partial charge in [0.2, 0.25) is 0 Å². The van der Waals surface area contributed by atoms with E-state index in [0.717, 1.165) is 12.1 Å². The van der Waals surface area contributed by atoms with Gasteiger partial charge in [0.05, 0.1) is 18.2 Å². The first-order valence-corrected chi connectivity index (χ1v) is 7.09. The highest BCUT2D eigenvalue weighted by Gasteiger charge is 2.48. The standard InChI is InChI=1S/C17H11F2NO5/c1-24-11-8-6-10(7-9-11)17(18,19)16(23)25-20-14(21)12-4-2-3-5-13(12)15(20)22/h2-9H,1H3. The van der Waals surface area contributed by atoms with E-state index in [9.17, 15) is 23.2 Å². The normalized spacial score (nSPS) is 13.6. The average molecular weight is 347 g/mol. The lowest BCUT2D eigenvalue weighted by atomic mass is 10.1. The maximum absolute atomic E-state index is 14.3. The maximum atomic E-state index is 14.3. The summed E-state index contributed by atoms with van der Waals surface area (Å²) in [7, 11) is 1.36. The first kappa shape index (κ1) is 16.6. The summed E-state index contributed by atoms with van der Waals surface area (Å²) in [4.78, 5) is 40.4. The third kappa shape index (κ3) is 2.71. The molecule has 1 heterocycles. The van der Waals surface area contributed by atoms with Gasteiger partial charge in [0.15, 0.2) is 0 Å². The van der Waals surface area contributed by atoms with Gasteiger partial charge in [-0.1, -0.05) is 17.2 Å². The fraction of sp³-hybridized carbons (Fsp3) is 0.118. The second-order valence-corrected chi connectivity index (χ2v) is 5.13. The Bertz CT molecular complexity index is 829. The molecule has 1 aliphatic rings. The molecule has 2 aromatic carbocycles. The summed E-state index contributed by atoms with van der Waals surface area (Å²) in [5.41, 5.74) is -0.698. The monoisotopic (exact) mass is 347 g/mol. The average Bonchev–Trinajstić information content (AvgIpc) is 2.87. The van der Waals surface area contributed by atoms with Crippen molar-refractivity contribution in [2.45, 2.75) is 5.92 Å². The highest BCUT2D eigenvalue weighted by atomic mass is 19.3. The summed E-state index contributed by atoms with van der Waals surface area (Å²) in [5, 5.41) is 0.0461. The third-order valence-corrected chi connectivity index (χ3v) is 3.64. The number of rotatable bonds is 4. The highest BCUT2D eigenvalue weighted by molar-refractivity contribution is 6.20. The second kappa shape index (κ2) is 5.97. The molecule has 0 unspecified atom stereocenters. The van der Waals surface area contributed by atoms with Gasteiger partial charge in [-0.15, -0.1) is 0 Å². The van der Waals surface area contributed by atoms with E-state index < -0.39 is 29.3 Å². The molecule has 0 aliphatic carbocycles. The van der Waals surface area contributed by atoms with E-state index in [4.69, 9.17) is 4.74 Å². The van der Waals surface area contributed by atoms with Crippen molar-refractivity contribution in [1.82, 2.24) is 5.06 Å². The molecule has 0 spiro atoms. The lowest BCUT2D eigenvalue weighted by molar-refractivity contribution is -0.198. The molecule has 25 heavy (non-hydrogen) atoms. The van der Waals surface area contributed by atoms with E-state index in [1.807, 2.05) is 0 Å². The summed E-state index contributed by atoms with van der Waals surface area (Å²) < 4.78 is 33.4. The van der Waals surface area contributed by atoms with Gasteiger partial charge in [-0.05, 0) is 36.4 Å². The Hall–Kier alpha value is -3.29. The molecule has 0 radical (unpaired) electrons. The summed E-state index contributed by atoms with van der Waals surface area (Å²) in [6, 6.07) is 10.2. The molecule has 0 bridgehead atoms. The van der Waals surface area contributed by atoms with Crippen LogP contribution in [0.25, 0.3) is 0 Å². The molecule has 2 amide bonds. The number of benzene rings is 2. The zero-order valence-corrected chi connectivity index (χ0v) is 12.9. The Balaban J connectivity index is 1.82. The number of fused-ring (bicyclic) bond motifs is 1. The van der Waals surface area contributed by atoms with Crippen LogP contribution in [0.15, 0.2) is 48.5 Å². The first-order chi connectivity index (χ1) is 11.9. The lowest BCUT2D eigenvalue weighted by Crippen LogP contribution is -2.38. The van der Waals surface area contributed by atoms with Crippen LogP contribution >= 0.6 is 0 Å². The molecule has 8 heteroatoms. The largest absolute Gasteiger partial charge is 0.497 e. The SMILES string of the molecule is COc1ccc(C(F)(F)C(=O)ON2C(=O)c3ccccc3C2=O)cc1. The van der Waals surface area contributed by atoms with E-state index in [2.05, 4.69) is 4.84 Å². The molecule has 2 aromatic rings. The number of methoxy groups -OCH3 is 1. The molecule has 0 fully saturated rings. The maximum Gasteiger partial charge on any atom is 0.407 e. The van der Waals surface area contributed by atoms with Gasteiger partial charge < -0.3 is 9.57 Å². The number of alkyl halides is 2. The van der Waals surface area contributed by atoms with Crippen LogP contribution in [0.5, 0.6) is 5.75 Å². The second-order valence-electron chi connectivity index (χ2n) is 5.13. The number of hydroxylamine groups is 2. The van der Waals surface area contributed by atoms with Crippen molar-refractivity contribution in [2.24, 2.45) is 0 Å². The molecule has 128 valence electrons. The van der Waals surface area contributed by atoms with E-state index in [1.165, 1.54) is 43.5 Å². The molecule has 0 atom stereocenters. The smallest absolute Gasteiger partial charge is 0.407 e. The van der Waals surface area contributed by atoms with Crippen LogP contribution in [0.4, 0.5) is 8.78 Å². The summed E-state index contributed by atoms with van der Waals surface area (Å²) in [6.45, 7) is 0. The molecule has 0 saturated heterocycles. The minimum atomic E-state index is -4.05. The van der Waals surface area contributed by atoms with Crippen molar-refractivity contribution < 1.29 is 32.7 Å². The number of hydrogen-bond donors (Lipinski definition) is 0. The Labute approximate surface area is 140 Å². The third-order valence-electron chi connectivity index (χ3n) is 3.64. The van der Waals surface area contributed by atoms with Gasteiger partial charge >= 0.3 is 11.9 Å². The molecule has 0 aromatic heterocycles. The predicted molar refractivity (Wildman–Crippen MR) is 79.9 cm³/mol. The number of halogens is 2. The quantitative estimate of drug-likeness (QED) is 0.795. The zero-order chi connectivity index (χ0) is 18.2. The molecular weight excluding hydrogens is 336 g/mol. The first-order valence-electron chi connectivity index (χ1n) is 7.09. The fourth-order valence-corrected chi connectivity index (χ4v) is 2.31. The highest BCUT2D eigenvalue weighted by Crippen LogP contribution is 2.32. The van der Waals surface area contributed by atoms with Crippen molar-refractivity contribution in [3.8, 4) is 5.75 Å². The van der Waals surface area contributed by atoms with Gasteiger partial charge in [-0.2, -0.15) is 8.78 Å². The molecule has 0 N–H and O–H groups in total. The summed E-state index contributed by atoms with van der Waals surface area (Å²) >= 11 is 0. The Morgan fingerprint density at radius 2 is 1.48 bits per heavy atom. The number of imide groups is 1. The van der Waals surface area contributed by atoms with Gasteiger partial charge in [0.25, 0.3) is 11.8 Å². The number of hydrogen-bond acceptors (Lipinski definition) is 5. The number of carbonyl (C=O) groups is 3. The van der Waals surface area contributed by atoms with Gasteiger partial charge in [-0.3, -0.25) is 9.59 Å². The Morgan fingerprint density at radius 1 is 0.960 bits per heavy atom. The van der Waals surface area contributed by atoms with Crippen LogP contribution in [-0.2, 0) is 15.6 Å². The van der Waals surface area contributed by atoms with E-state index >= 15 is 0 Å². The van der Waals surface area contributed by atoms with Crippen LogP contribution in [0.2, 0.25) is 0 Å². The van der Waals surface area contributed by atoms with Crippen molar-refractivity contribution in [2.75, 3.05) is 7.11 Å². The van der Waals surface area contributed by atoms with E-state index in [-0.39, 0.29) is 16.2 Å². The summed E-state index contributed by atoms with van der Waals surface area (Å²) in [6.07, 6.45) is 0. The van der Waals surface area contributed by atoms with Gasteiger partial charge in [-0.25, -0.2) is 4.79 Å². The Morgan fingerprint density at radius 3 is 1.96 bits per heavy atom. The minimum absolute atomic E-state index is 0.0203. The van der Waals surface area contributed by atoms with Crippen molar-refractivity contribution in [3.63, 3.8) is 0 Å². The van der Waals surface area contributed by atoms with Crippen LogP contribution in [0.1, 0.15) is 26.3 Å². The number of carbonyl (C=O) groups excluding carboxylic acids is 3. The van der Waals surface area contributed by atoms with Crippen LogP contribution in [0.3, 0.4) is 0 Å². The van der Waals surface area contributed by atoms with Gasteiger partial charge in [0, 0.05) is 5.56 Å². The zero-order valence-electron chi connectivity index (χ0n) is 12.9. The van der Waals surface area contributed by atoms with Crippen molar-refractivity contribution in [1.29, 1.82) is 0 Å². The molecule has 6 nitrogen and oxygen atoms in total. The topological polar surface area (TPSA) is 72.9 Å². The van der Waals surface area contributed by atoms with Crippen LogP contribution in [0, 0.1) is 0 Å². The minimum Gasteiger partial charge on any atom is -0.497 e. The van der Waals surface area contributed by atoms with E-state index in [1.54, 1.807) is 0 Å². The van der Waals surface area contributed by atoms with E-state index in [0.29, 0.717) is 5.75 Å². The number of ether oxygens (including phenoxy) is 1. The van der Waals surface area contributed by atoms with Crippen LogP contribution in [-0.4, -0.2) is 30.0 Å². The molecule has 0 saturated carbocycles.